The van der Waals surface area contributed by atoms with Gasteiger partial charge in [0.1, 0.15) is 11.7 Å². The molecule has 5 heteroatoms. The molecule has 0 saturated carbocycles. The number of nitrogens with one attached hydrogen (secondary N) is 1. The third kappa shape index (κ3) is 3.04. The number of amides is 2. The molecule has 1 aliphatic rings. The zero-order valence-electron chi connectivity index (χ0n) is 12.9. The van der Waals surface area contributed by atoms with E-state index in [0.29, 0.717) is 24.4 Å². The molecule has 5 nitrogen and oxygen atoms in total. The summed E-state index contributed by atoms with van der Waals surface area (Å²) in [6, 6.07) is 16.6. The van der Waals surface area contributed by atoms with Gasteiger partial charge in [-0.05, 0) is 30.7 Å². The molecule has 2 aromatic carbocycles. The second-order valence-corrected chi connectivity index (χ2v) is 5.36. The number of nitrogens with zero attached hydrogens (tertiary/aromatic N) is 1. The molecule has 0 bridgehead atoms. The van der Waals surface area contributed by atoms with Crippen molar-refractivity contribution in [1.29, 1.82) is 0 Å². The zero-order valence-corrected chi connectivity index (χ0v) is 12.9. The molecule has 23 heavy (non-hydrogen) atoms. The Kier molecular flexibility index (Phi) is 4.28. The Bertz CT molecular complexity index is 715. The van der Waals surface area contributed by atoms with E-state index in [1.54, 1.807) is 24.1 Å². The van der Waals surface area contributed by atoms with E-state index in [0.717, 1.165) is 5.69 Å². The van der Waals surface area contributed by atoms with E-state index in [9.17, 15) is 9.59 Å². The maximum Gasteiger partial charge on any atom is 0.239 e. The monoisotopic (exact) mass is 310 g/mol. The molecule has 0 unspecified atom stereocenters. The summed E-state index contributed by atoms with van der Waals surface area (Å²) in [6.45, 7) is 0.548. The molecule has 0 aromatic heterocycles. The normalized spacial score (nSPS) is 17.2. The van der Waals surface area contributed by atoms with Crippen molar-refractivity contribution < 1.29 is 14.3 Å². The van der Waals surface area contributed by atoms with Gasteiger partial charge >= 0.3 is 0 Å². The summed E-state index contributed by atoms with van der Waals surface area (Å²) in [4.78, 5) is 26.6. The van der Waals surface area contributed by atoms with E-state index in [-0.39, 0.29) is 11.8 Å². The Balaban J connectivity index is 1.73. The van der Waals surface area contributed by atoms with Crippen LogP contribution in [0.1, 0.15) is 6.42 Å². The van der Waals surface area contributed by atoms with Crippen LogP contribution < -0.4 is 15.0 Å². The minimum Gasteiger partial charge on any atom is -0.495 e. The van der Waals surface area contributed by atoms with E-state index in [1.807, 2.05) is 42.5 Å². The Labute approximate surface area is 134 Å². The lowest BCUT2D eigenvalue weighted by Gasteiger charge is -2.17. The van der Waals surface area contributed by atoms with Crippen LogP contribution in [-0.4, -0.2) is 25.5 Å². The first kappa shape index (κ1) is 15.1. The van der Waals surface area contributed by atoms with Crippen molar-refractivity contribution in [1.82, 2.24) is 0 Å². The van der Waals surface area contributed by atoms with Gasteiger partial charge in [0.05, 0.1) is 12.8 Å². The summed E-state index contributed by atoms with van der Waals surface area (Å²) >= 11 is 0. The highest BCUT2D eigenvalue weighted by Crippen LogP contribution is 2.28. The van der Waals surface area contributed by atoms with Gasteiger partial charge in [-0.1, -0.05) is 30.3 Å². The van der Waals surface area contributed by atoms with Crippen LogP contribution in [0.2, 0.25) is 0 Å². The standard InChI is InChI=1S/C18H18N2O3/c1-23-16-10-6-5-9-15(16)19-17(21)14-11-12-20(18(14)22)13-7-3-2-4-8-13/h2-10,14H,11-12H2,1H3,(H,19,21)/t14-/m1/s1. The van der Waals surface area contributed by atoms with Crippen molar-refractivity contribution in [3.63, 3.8) is 0 Å². The maximum atomic E-state index is 12.5. The summed E-state index contributed by atoms with van der Waals surface area (Å²) in [6.07, 6.45) is 0.509. The largest absolute Gasteiger partial charge is 0.495 e. The van der Waals surface area contributed by atoms with Crippen LogP contribution in [0.4, 0.5) is 11.4 Å². The van der Waals surface area contributed by atoms with E-state index in [2.05, 4.69) is 5.32 Å². The van der Waals surface area contributed by atoms with Gasteiger partial charge in [0.15, 0.2) is 0 Å². The molecular weight excluding hydrogens is 292 g/mol. The number of hydrogen-bond acceptors (Lipinski definition) is 3. The second-order valence-electron chi connectivity index (χ2n) is 5.36. The fraction of sp³-hybridized carbons (Fsp3) is 0.222. The smallest absolute Gasteiger partial charge is 0.239 e. The van der Waals surface area contributed by atoms with E-state index >= 15 is 0 Å². The van der Waals surface area contributed by atoms with Crippen LogP contribution in [0.3, 0.4) is 0 Å². The van der Waals surface area contributed by atoms with Crippen LogP contribution in [0.25, 0.3) is 0 Å². The van der Waals surface area contributed by atoms with E-state index < -0.39 is 5.92 Å². The van der Waals surface area contributed by atoms with Crippen molar-refractivity contribution >= 4 is 23.2 Å². The number of ether oxygens (including phenoxy) is 1. The average Bonchev–Trinajstić information content (AvgIpc) is 2.98. The van der Waals surface area contributed by atoms with Gasteiger partial charge in [0, 0.05) is 12.2 Å². The third-order valence-electron chi connectivity index (χ3n) is 3.95. The molecule has 2 aromatic rings. The molecule has 0 aliphatic carbocycles. The Hall–Kier alpha value is -2.82. The number of benzene rings is 2. The van der Waals surface area contributed by atoms with Gasteiger partial charge in [-0.25, -0.2) is 0 Å². The zero-order chi connectivity index (χ0) is 16.2. The second kappa shape index (κ2) is 6.52. The molecule has 1 atom stereocenters. The predicted molar refractivity (Wildman–Crippen MR) is 88.5 cm³/mol. The Morgan fingerprint density at radius 2 is 1.83 bits per heavy atom. The first-order valence-electron chi connectivity index (χ1n) is 7.51. The van der Waals surface area contributed by atoms with Crippen molar-refractivity contribution in [3.05, 3.63) is 54.6 Å². The molecular formula is C18H18N2O3. The van der Waals surface area contributed by atoms with E-state index in [4.69, 9.17) is 4.74 Å². The number of anilines is 2. The number of carbonyl (C=O) groups is 2. The molecule has 0 radical (unpaired) electrons. The molecule has 1 aliphatic heterocycles. The third-order valence-corrected chi connectivity index (χ3v) is 3.95. The number of hydrogen-bond donors (Lipinski definition) is 1. The first-order chi connectivity index (χ1) is 11.2. The fourth-order valence-corrected chi connectivity index (χ4v) is 2.76. The molecule has 0 spiro atoms. The molecule has 1 fully saturated rings. The molecule has 1 saturated heterocycles. The van der Waals surface area contributed by atoms with Gasteiger partial charge in [-0.2, -0.15) is 0 Å². The molecule has 118 valence electrons. The quantitative estimate of drug-likeness (QED) is 0.883. The van der Waals surface area contributed by atoms with Crippen LogP contribution in [0, 0.1) is 5.92 Å². The van der Waals surface area contributed by atoms with Crippen molar-refractivity contribution in [2.24, 2.45) is 5.92 Å². The first-order valence-corrected chi connectivity index (χ1v) is 7.51. The molecule has 1 N–H and O–H groups in total. The minimum absolute atomic E-state index is 0.163. The number of rotatable bonds is 4. The average molecular weight is 310 g/mol. The molecule has 3 rings (SSSR count). The summed E-state index contributed by atoms with van der Waals surface area (Å²) in [5, 5.41) is 2.79. The molecule has 2 amide bonds. The van der Waals surface area contributed by atoms with Crippen LogP contribution in [0.5, 0.6) is 5.75 Å². The van der Waals surface area contributed by atoms with Gasteiger partial charge < -0.3 is 15.0 Å². The summed E-state index contributed by atoms with van der Waals surface area (Å²) in [5.74, 6) is -0.548. The van der Waals surface area contributed by atoms with E-state index in [1.165, 1.54) is 0 Å². The van der Waals surface area contributed by atoms with Crippen molar-refractivity contribution in [2.75, 3.05) is 23.9 Å². The van der Waals surface area contributed by atoms with Gasteiger partial charge in [-0.15, -0.1) is 0 Å². The lowest BCUT2D eigenvalue weighted by atomic mass is 10.1. The van der Waals surface area contributed by atoms with Gasteiger partial charge in [0.25, 0.3) is 0 Å². The Morgan fingerprint density at radius 3 is 2.57 bits per heavy atom. The highest BCUT2D eigenvalue weighted by molar-refractivity contribution is 6.13. The van der Waals surface area contributed by atoms with Crippen molar-refractivity contribution in [2.45, 2.75) is 6.42 Å². The predicted octanol–water partition coefficient (Wildman–Crippen LogP) is 2.69. The summed E-state index contributed by atoms with van der Waals surface area (Å²) in [5.41, 5.74) is 1.40. The fourth-order valence-electron chi connectivity index (χ4n) is 2.76. The minimum atomic E-state index is -0.667. The van der Waals surface area contributed by atoms with Gasteiger partial charge in [0.2, 0.25) is 11.8 Å². The van der Waals surface area contributed by atoms with Gasteiger partial charge in [-0.3, -0.25) is 9.59 Å². The molecule has 1 heterocycles. The number of para-hydroxylation sites is 3. The SMILES string of the molecule is COc1ccccc1NC(=O)[C@H]1CCN(c2ccccc2)C1=O. The van der Waals surface area contributed by atoms with Crippen LogP contribution in [-0.2, 0) is 9.59 Å². The van der Waals surface area contributed by atoms with Crippen LogP contribution in [0.15, 0.2) is 54.6 Å². The number of carbonyl (C=O) groups excluding carboxylic acids is 2. The van der Waals surface area contributed by atoms with Crippen molar-refractivity contribution in [3.8, 4) is 5.75 Å². The highest BCUT2D eigenvalue weighted by atomic mass is 16.5. The summed E-state index contributed by atoms with van der Waals surface area (Å²) in [7, 11) is 1.54. The topological polar surface area (TPSA) is 58.6 Å². The highest BCUT2D eigenvalue weighted by Gasteiger charge is 2.37. The lowest BCUT2D eigenvalue weighted by molar-refractivity contribution is -0.129. The maximum absolute atomic E-state index is 12.5. The lowest BCUT2D eigenvalue weighted by Crippen LogP contribution is -2.33. The Morgan fingerprint density at radius 1 is 1.13 bits per heavy atom. The van der Waals surface area contributed by atoms with Crippen LogP contribution >= 0.6 is 0 Å². The number of methoxy groups -OCH3 is 1. The summed E-state index contributed by atoms with van der Waals surface area (Å²) < 4.78 is 5.22.